The van der Waals surface area contributed by atoms with E-state index in [0.29, 0.717) is 11.4 Å². The summed E-state index contributed by atoms with van der Waals surface area (Å²) in [5.74, 6) is 0.233. The van der Waals surface area contributed by atoms with E-state index in [0.717, 1.165) is 0 Å². The highest BCUT2D eigenvalue weighted by atomic mass is 16.5. The fraction of sp³-hybridized carbons (Fsp3) is 0. The monoisotopic (exact) mass is 230 g/mol. The van der Waals surface area contributed by atoms with Gasteiger partial charge in [0.05, 0.1) is 12.4 Å². The molecule has 0 fully saturated rings. The van der Waals surface area contributed by atoms with Gasteiger partial charge in [0.2, 0.25) is 5.88 Å². The van der Waals surface area contributed by atoms with Gasteiger partial charge in [0.25, 0.3) is 5.91 Å². The normalized spacial score (nSPS) is 9.88. The molecular weight excluding hydrogens is 220 g/mol. The molecule has 0 saturated heterocycles. The Kier molecular flexibility index (Phi) is 2.87. The first kappa shape index (κ1) is 10.9. The fourth-order valence-electron chi connectivity index (χ4n) is 1.15. The van der Waals surface area contributed by atoms with Crippen LogP contribution in [0.15, 0.2) is 36.7 Å². The number of anilines is 1. The van der Waals surface area contributed by atoms with Crippen LogP contribution in [-0.2, 0) is 0 Å². The molecule has 86 valence electrons. The molecule has 0 spiro atoms. The molecule has 17 heavy (non-hydrogen) atoms. The molecular formula is C11H10N4O2. The lowest BCUT2D eigenvalue weighted by Crippen LogP contribution is -2.13. The number of aromatic nitrogens is 2. The standard InChI is InChI=1S/C11H10N4O2/c12-7-1-3-8(4-2-7)17-10-6-14-9(5-15-10)11(13)16/h1-6H,12H2,(H2,13,16). The first-order chi connectivity index (χ1) is 8.15. The second kappa shape index (κ2) is 4.48. The maximum atomic E-state index is 10.8. The Morgan fingerprint density at radius 3 is 2.35 bits per heavy atom. The van der Waals surface area contributed by atoms with Crippen LogP contribution in [0, 0.1) is 0 Å². The Labute approximate surface area is 97.2 Å². The Morgan fingerprint density at radius 1 is 1.12 bits per heavy atom. The topological polar surface area (TPSA) is 104 Å². The minimum atomic E-state index is -0.628. The number of ether oxygens (including phenoxy) is 1. The summed E-state index contributed by atoms with van der Waals surface area (Å²) in [6, 6.07) is 6.83. The summed E-state index contributed by atoms with van der Waals surface area (Å²) in [5, 5.41) is 0. The van der Waals surface area contributed by atoms with Crippen molar-refractivity contribution in [3.05, 3.63) is 42.4 Å². The zero-order valence-electron chi connectivity index (χ0n) is 8.83. The summed E-state index contributed by atoms with van der Waals surface area (Å²) in [6.45, 7) is 0. The number of amides is 1. The van der Waals surface area contributed by atoms with E-state index >= 15 is 0 Å². The number of nitrogens with zero attached hydrogens (tertiary/aromatic N) is 2. The first-order valence-electron chi connectivity index (χ1n) is 4.80. The highest BCUT2D eigenvalue weighted by Gasteiger charge is 2.04. The molecule has 1 amide bonds. The van der Waals surface area contributed by atoms with Gasteiger partial charge in [-0.15, -0.1) is 0 Å². The lowest BCUT2D eigenvalue weighted by molar-refractivity contribution is 0.0995. The van der Waals surface area contributed by atoms with Gasteiger partial charge in [0.15, 0.2) is 0 Å². The zero-order valence-corrected chi connectivity index (χ0v) is 8.83. The lowest BCUT2D eigenvalue weighted by atomic mass is 10.3. The number of benzene rings is 1. The van der Waals surface area contributed by atoms with Crippen molar-refractivity contribution >= 4 is 11.6 Å². The predicted molar refractivity (Wildman–Crippen MR) is 61.5 cm³/mol. The van der Waals surface area contributed by atoms with Crippen molar-refractivity contribution in [1.29, 1.82) is 0 Å². The smallest absolute Gasteiger partial charge is 0.268 e. The number of rotatable bonds is 3. The van der Waals surface area contributed by atoms with Gasteiger partial charge in [-0.25, -0.2) is 9.97 Å². The quantitative estimate of drug-likeness (QED) is 0.764. The van der Waals surface area contributed by atoms with E-state index in [4.69, 9.17) is 16.2 Å². The Balaban J connectivity index is 2.13. The van der Waals surface area contributed by atoms with Crippen molar-refractivity contribution in [2.75, 3.05) is 5.73 Å². The summed E-state index contributed by atoms with van der Waals surface area (Å²) in [7, 11) is 0. The van der Waals surface area contributed by atoms with Gasteiger partial charge in [-0.05, 0) is 24.3 Å². The number of nitrogens with two attached hydrogens (primary N) is 2. The molecule has 6 nitrogen and oxygen atoms in total. The predicted octanol–water partition coefficient (Wildman–Crippen LogP) is 0.950. The molecule has 0 atom stereocenters. The van der Waals surface area contributed by atoms with Crippen LogP contribution < -0.4 is 16.2 Å². The van der Waals surface area contributed by atoms with Crippen LogP contribution >= 0.6 is 0 Å². The van der Waals surface area contributed by atoms with Gasteiger partial charge in [-0.3, -0.25) is 4.79 Å². The second-order valence-corrected chi connectivity index (χ2v) is 3.28. The van der Waals surface area contributed by atoms with Crippen LogP contribution in [0.25, 0.3) is 0 Å². The summed E-state index contributed by atoms with van der Waals surface area (Å²) in [6.07, 6.45) is 2.59. The van der Waals surface area contributed by atoms with E-state index in [1.165, 1.54) is 12.4 Å². The van der Waals surface area contributed by atoms with Gasteiger partial charge in [0.1, 0.15) is 11.4 Å². The Morgan fingerprint density at radius 2 is 1.82 bits per heavy atom. The Hall–Kier alpha value is -2.63. The number of hydrogen-bond acceptors (Lipinski definition) is 5. The van der Waals surface area contributed by atoms with Gasteiger partial charge < -0.3 is 16.2 Å². The first-order valence-corrected chi connectivity index (χ1v) is 4.80. The van der Waals surface area contributed by atoms with Gasteiger partial charge in [-0.1, -0.05) is 0 Å². The van der Waals surface area contributed by atoms with Crippen LogP contribution in [0.4, 0.5) is 5.69 Å². The molecule has 0 bridgehead atoms. The van der Waals surface area contributed by atoms with Crippen molar-refractivity contribution in [1.82, 2.24) is 9.97 Å². The van der Waals surface area contributed by atoms with E-state index in [1.807, 2.05) is 0 Å². The summed E-state index contributed by atoms with van der Waals surface area (Å²) in [4.78, 5) is 18.5. The van der Waals surface area contributed by atoms with Crippen molar-refractivity contribution in [3.8, 4) is 11.6 Å². The van der Waals surface area contributed by atoms with Crippen LogP contribution in [0.5, 0.6) is 11.6 Å². The molecule has 1 aromatic heterocycles. The molecule has 0 aliphatic carbocycles. The van der Waals surface area contributed by atoms with E-state index in [2.05, 4.69) is 9.97 Å². The lowest BCUT2D eigenvalue weighted by Gasteiger charge is -2.04. The second-order valence-electron chi connectivity index (χ2n) is 3.28. The molecule has 0 radical (unpaired) electrons. The molecule has 2 aromatic rings. The van der Waals surface area contributed by atoms with E-state index in [-0.39, 0.29) is 11.6 Å². The molecule has 0 unspecified atom stereocenters. The minimum Gasteiger partial charge on any atom is -0.438 e. The van der Waals surface area contributed by atoms with Crippen LogP contribution in [0.1, 0.15) is 10.5 Å². The number of nitrogen functional groups attached to an aromatic ring is 1. The maximum Gasteiger partial charge on any atom is 0.268 e. The molecule has 0 saturated carbocycles. The molecule has 0 aliphatic heterocycles. The van der Waals surface area contributed by atoms with Gasteiger partial charge in [0, 0.05) is 5.69 Å². The third-order valence-corrected chi connectivity index (χ3v) is 1.98. The third kappa shape index (κ3) is 2.69. The SMILES string of the molecule is NC(=O)c1cnc(Oc2ccc(N)cc2)cn1. The van der Waals surface area contributed by atoms with E-state index < -0.39 is 5.91 Å². The average Bonchev–Trinajstić information content (AvgIpc) is 2.33. The number of carbonyl (C=O) groups is 1. The van der Waals surface area contributed by atoms with Crippen LogP contribution in [-0.4, -0.2) is 15.9 Å². The molecule has 4 N–H and O–H groups in total. The zero-order chi connectivity index (χ0) is 12.3. The number of primary amides is 1. The number of carbonyl (C=O) groups excluding carboxylic acids is 1. The summed E-state index contributed by atoms with van der Waals surface area (Å²) >= 11 is 0. The summed E-state index contributed by atoms with van der Waals surface area (Å²) in [5.41, 5.74) is 11.3. The molecule has 1 heterocycles. The van der Waals surface area contributed by atoms with Crippen molar-refractivity contribution in [2.24, 2.45) is 5.73 Å². The van der Waals surface area contributed by atoms with Crippen LogP contribution in [0.3, 0.4) is 0 Å². The molecule has 1 aromatic carbocycles. The van der Waals surface area contributed by atoms with Gasteiger partial charge in [-0.2, -0.15) is 0 Å². The molecule has 2 rings (SSSR count). The largest absolute Gasteiger partial charge is 0.438 e. The highest BCUT2D eigenvalue weighted by molar-refractivity contribution is 5.90. The van der Waals surface area contributed by atoms with E-state index in [9.17, 15) is 4.79 Å². The van der Waals surface area contributed by atoms with E-state index in [1.54, 1.807) is 24.3 Å². The van der Waals surface area contributed by atoms with Crippen LogP contribution in [0.2, 0.25) is 0 Å². The Bertz CT molecular complexity index is 522. The number of hydrogen-bond donors (Lipinski definition) is 2. The van der Waals surface area contributed by atoms with Crippen molar-refractivity contribution in [2.45, 2.75) is 0 Å². The average molecular weight is 230 g/mol. The molecule has 6 heteroatoms. The maximum absolute atomic E-state index is 10.8. The highest BCUT2D eigenvalue weighted by Crippen LogP contribution is 2.19. The molecule has 0 aliphatic rings. The fourth-order valence-corrected chi connectivity index (χ4v) is 1.15. The summed E-state index contributed by atoms with van der Waals surface area (Å²) < 4.78 is 5.39. The third-order valence-electron chi connectivity index (χ3n) is 1.98. The van der Waals surface area contributed by atoms with Crippen molar-refractivity contribution in [3.63, 3.8) is 0 Å². The van der Waals surface area contributed by atoms with Crippen molar-refractivity contribution < 1.29 is 9.53 Å². The van der Waals surface area contributed by atoms with Gasteiger partial charge >= 0.3 is 0 Å². The minimum absolute atomic E-state index is 0.0923.